The second-order valence-corrected chi connectivity index (χ2v) is 3.64. The topological polar surface area (TPSA) is 27.0 Å². The molecule has 0 aromatic carbocycles. The van der Waals surface area contributed by atoms with Gasteiger partial charge in [0.1, 0.15) is 0 Å². The molecule has 3 heteroatoms. The molecule has 1 aliphatic rings. The van der Waals surface area contributed by atoms with Gasteiger partial charge in [-0.25, -0.2) is 0 Å². The van der Waals surface area contributed by atoms with Crippen molar-refractivity contribution in [2.75, 3.05) is 18.2 Å². The van der Waals surface area contributed by atoms with Crippen molar-refractivity contribution in [2.24, 2.45) is 0 Å². The Hall–Kier alpha value is -0.200. The van der Waals surface area contributed by atoms with Gasteiger partial charge in [-0.1, -0.05) is 0 Å². The molecule has 56 valence electrons. The molecular weight excluding hydrogens is 144 g/mol. The van der Waals surface area contributed by atoms with Crippen LogP contribution >= 0.6 is 11.8 Å². The number of nitriles is 1. The van der Waals surface area contributed by atoms with Crippen molar-refractivity contribution in [3.63, 3.8) is 0 Å². The molecule has 0 amide bonds. The Bertz CT molecular complexity index is 135. The van der Waals surface area contributed by atoms with Crippen LogP contribution in [0, 0.1) is 11.3 Å². The lowest BCUT2D eigenvalue weighted by atomic mass is 10.2. The molecule has 0 aromatic heterocycles. The van der Waals surface area contributed by atoms with E-state index >= 15 is 0 Å². The van der Waals surface area contributed by atoms with Crippen LogP contribution in [0.15, 0.2) is 0 Å². The van der Waals surface area contributed by atoms with Crippen molar-refractivity contribution in [3.8, 4) is 6.07 Å². The summed E-state index contributed by atoms with van der Waals surface area (Å²) in [5, 5.41) is 8.41. The van der Waals surface area contributed by atoms with E-state index in [1.807, 2.05) is 11.8 Å². The van der Waals surface area contributed by atoms with E-state index in [-0.39, 0.29) is 0 Å². The summed E-state index contributed by atoms with van der Waals surface area (Å²) in [7, 11) is 0. The fraction of sp³-hybridized carbons (Fsp3) is 0.857. The maximum Gasteiger partial charge on any atom is 0.0638 e. The van der Waals surface area contributed by atoms with Crippen LogP contribution < -0.4 is 0 Å². The van der Waals surface area contributed by atoms with Gasteiger partial charge in [0.15, 0.2) is 0 Å². The molecule has 1 aliphatic heterocycles. The number of rotatable bonds is 2. The summed E-state index contributed by atoms with van der Waals surface area (Å²) in [4.78, 5) is 2.36. The second kappa shape index (κ2) is 3.85. The maximum absolute atomic E-state index is 8.41. The minimum absolute atomic E-state index is 0.458. The fourth-order valence-corrected chi connectivity index (χ4v) is 2.15. The van der Waals surface area contributed by atoms with Crippen LogP contribution in [-0.4, -0.2) is 29.1 Å². The molecule has 1 atom stereocenters. The van der Waals surface area contributed by atoms with Gasteiger partial charge in [-0.3, -0.25) is 4.90 Å². The zero-order valence-corrected chi connectivity index (χ0v) is 7.02. The normalized spacial score (nSPS) is 22.4. The van der Waals surface area contributed by atoms with E-state index in [0.29, 0.717) is 12.5 Å². The Balaban J connectivity index is 2.26. The molecule has 0 N–H and O–H groups in total. The van der Waals surface area contributed by atoms with E-state index in [1.54, 1.807) is 0 Å². The maximum atomic E-state index is 8.41. The van der Waals surface area contributed by atoms with Gasteiger partial charge in [-0.15, -0.1) is 11.8 Å². The minimum atomic E-state index is 0.458. The number of hydrogen-bond donors (Lipinski definition) is 0. The predicted octanol–water partition coefficient (Wildman–Crippen LogP) is 1.29. The molecule has 1 fully saturated rings. The van der Waals surface area contributed by atoms with E-state index in [1.165, 1.54) is 5.75 Å². The third-order valence-electron chi connectivity index (χ3n) is 1.79. The molecule has 1 rings (SSSR count). The van der Waals surface area contributed by atoms with Crippen molar-refractivity contribution in [1.29, 1.82) is 5.26 Å². The Morgan fingerprint density at radius 3 is 3.10 bits per heavy atom. The van der Waals surface area contributed by atoms with E-state index in [0.717, 1.165) is 12.4 Å². The van der Waals surface area contributed by atoms with Crippen molar-refractivity contribution in [3.05, 3.63) is 0 Å². The third kappa shape index (κ3) is 1.89. The van der Waals surface area contributed by atoms with Gasteiger partial charge in [0.2, 0.25) is 0 Å². The second-order valence-electron chi connectivity index (χ2n) is 2.56. The van der Waals surface area contributed by atoms with Gasteiger partial charge >= 0.3 is 0 Å². The highest BCUT2D eigenvalue weighted by molar-refractivity contribution is 7.99. The lowest BCUT2D eigenvalue weighted by Crippen LogP contribution is -2.29. The number of hydrogen-bond acceptors (Lipinski definition) is 3. The van der Waals surface area contributed by atoms with Crippen LogP contribution in [0.1, 0.15) is 13.3 Å². The Morgan fingerprint density at radius 2 is 2.60 bits per heavy atom. The molecular formula is C7H12N2S. The third-order valence-corrected chi connectivity index (χ3v) is 2.78. The minimum Gasteiger partial charge on any atom is -0.290 e. The molecule has 0 radical (unpaired) electrons. The van der Waals surface area contributed by atoms with Crippen LogP contribution in [0.2, 0.25) is 0 Å². The van der Waals surface area contributed by atoms with Crippen LogP contribution in [-0.2, 0) is 0 Å². The predicted molar refractivity (Wildman–Crippen MR) is 43.7 cm³/mol. The summed E-state index contributed by atoms with van der Waals surface area (Å²) < 4.78 is 0. The first-order valence-corrected chi connectivity index (χ1v) is 4.69. The van der Waals surface area contributed by atoms with E-state index < -0.39 is 0 Å². The molecule has 10 heavy (non-hydrogen) atoms. The SMILES string of the molecule is CC(CC#N)N1CCSC1. The zero-order valence-electron chi connectivity index (χ0n) is 6.21. The highest BCUT2D eigenvalue weighted by Gasteiger charge is 2.17. The average molecular weight is 156 g/mol. The summed E-state index contributed by atoms with van der Waals surface area (Å²) in [6.45, 7) is 3.28. The van der Waals surface area contributed by atoms with Crippen LogP contribution in [0.3, 0.4) is 0 Å². The van der Waals surface area contributed by atoms with Gasteiger partial charge in [0, 0.05) is 24.2 Å². The van der Waals surface area contributed by atoms with Crippen molar-refractivity contribution in [2.45, 2.75) is 19.4 Å². The van der Waals surface area contributed by atoms with Crippen molar-refractivity contribution in [1.82, 2.24) is 4.90 Å². The molecule has 0 spiro atoms. The molecule has 0 aliphatic carbocycles. The van der Waals surface area contributed by atoms with Crippen LogP contribution in [0.5, 0.6) is 0 Å². The van der Waals surface area contributed by atoms with Crippen LogP contribution in [0.25, 0.3) is 0 Å². The lowest BCUT2D eigenvalue weighted by Gasteiger charge is -2.19. The summed E-state index contributed by atoms with van der Waals surface area (Å²) in [6.07, 6.45) is 0.667. The fourth-order valence-electron chi connectivity index (χ4n) is 1.04. The molecule has 1 saturated heterocycles. The molecule has 2 nitrogen and oxygen atoms in total. The van der Waals surface area contributed by atoms with Crippen molar-refractivity contribution >= 4 is 11.8 Å². The highest BCUT2D eigenvalue weighted by atomic mass is 32.2. The molecule has 0 saturated carbocycles. The molecule has 0 aromatic rings. The molecule has 0 bridgehead atoms. The number of nitrogens with zero attached hydrogens (tertiary/aromatic N) is 2. The standard InChI is InChI=1S/C7H12N2S/c1-7(2-3-8)9-4-5-10-6-9/h7H,2,4-6H2,1H3. The summed E-state index contributed by atoms with van der Waals surface area (Å²) in [5.74, 6) is 2.35. The zero-order chi connectivity index (χ0) is 7.40. The van der Waals surface area contributed by atoms with Crippen LogP contribution in [0.4, 0.5) is 0 Å². The van der Waals surface area contributed by atoms with Gasteiger partial charge < -0.3 is 0 Å². The van der Waals surface area contributed by atoms with E-state index in [2.05, 4.69) is 17.9 Å². The number of thioether (sulfide) groups is 1. The van der Waals surface area contributed by atoms with E-state index in [4.69, 9.17) is 5.26 Å². The van der Waals surface area contributed by atoms with Gasteiger partial charge in [0.25, 0.3) is 0 Å². The monoisotopic (exact) mass is 156 g/mol. The molecule has 1 heterocycles. The summed E-state index contributed by atoms with van der Waals surface area (Å²) >= 11 is 1.95. The average Bonchev–Trinajstić information content (AvgIpc) is 2.38. The first-order valence-electron chi connectivity index (χ1n) is 3.53. The highest BCUT2D eigenvalue weighted by Crippen LogP contribution is 2.17. The lowest BCUT2D eigenvalue weighted by molar-refractivity contribution is 0.276. The largest absolute Gasteiger partial charge is 0.290 e. The van der Waals surface area contributed by atoms with Gasteiger partial charge in [0.05, 0.1) is 12.5 Å². The van der Waals surface area contributed by atoms with Gasteiger partial charge in [-0.2, -0.15) is 5.26 Å². The Labute approximate surface area is 66.2 Å². The van der Waals surface area contributed by atoms with Gasteiger partial charge in [-0.05, 0) is 6.92 Å². The smallest absolute Gasteiger partial charge is 0.0638 e. The summed E-state index contributed by atoms with van der Waals surface area (Å²) in [6, 6.07) is 2.65. The van der Waals surface area contributed by atoms with E-state index in [9.17, 15) is 0 Å². The summed E-state index contributed by atoms with van der Waals surface area (Å²) in [5.41, 5.74) is 0. The quantitative estimate of drug-likeness (QED) is 0.603. The Kier molecular flexibility index (Phi) is 3.04. The molecule has 1 unspecified atom stereocenters. The van der Waals surface area contributed by atoms with Crippen molar-refractivity contribution < 1.29 is 0 Å². The first-order chi connectivity index (χ1) is 4.84. The first kappa shape index (κ1) is 7.90. The Morgan fingerprint density at radius 1 is 1.80 bits per heavy atom.